The number of rotatable bonds is 9. The molecule has 2 rings (SSSR count). The number of nitrogens with one attached hydrogen (secondary N) is 1. The van der Waals surface area contributed by atoms with Gasteiger partial charge in [0.25, 0.3) is 5.91 Å². The van der Waals surface area contributed by atoms with E-state index in [1.54, 1.807) is 30.3 Å². The zero-order chi connectivity index (χ0) is 18.9. The van der Waals surface area contributed by atoms with Crippen molar-refractivity contribution in [1.82, 2.24) is 10.2 Å². The summed E-state index contributed by atoms with van der Waals surface area (Å²) in [5.74, 6) is 0.640. The van der Waals surface area contributed by atoms with Crippen molar-refractivity contribution in [2.45, 2.75) is 19.4 Å². The topological polar surface area (TPSA) is 41.6 Å². The molecule has 1 N–H and O–H groups in total. The second-order valence-corrected chi connectivity index (χ2v) is 6.41. The SMILES string of the molecule is C=CCOc1ccc(C(=O)NCC(c2ccc(CC)cc2)N(C)C)cc1. The first-order valence-corrected chi connectivity index (χ1v) is 8.92. The van der Waals surface area contributed by atoms with E-state index in [9.17, 15) is 4.79 Å². The van der Waals surface area contributed by atoms with Gasteiger partial charge in [0.05, 0.1) is 6.04 Å². The van der Waals surface area contributed by atoms with Crippen LogP contribution in [-0.4, -0.2) is 38.1 Å². The van der Waals surface area contributed by atoms with Gasteiger partial charge in [0.2, 0.25) is 0 Å². The van der Waals surface area contributed by atoms with Crippen molar-refractivity contribution in [3.8, 4) is 5.75 Å². The lowest BCUT2D eigenvalue weighted by molar-refractivity contribution is 0.0942. The van der Waals surface area contributed by atoms with Crippen LogP contribution in [0.4, 0.5) is 0 Å². The maximum absolute atomic E-state index is 12.4. The Bertz CT molecular complexity index is 706. The Balaban J connectivity index is 1.99. The van der Waals surface area contributed by atoms with Crippen LogP contribution in [-0.2, 0) is 6.42 Å². The Morgan fingerprint density at radius 2 is 1.81 bits per heavy atom. The van der Waals surface area contributed by atoms with Gasteiger partial charge in [-0.3, -0.25) is 4.79 Å². The van der Waals surface area contributed by atoms with E-state index in [0.29, 0.717) is 18.7 Å². The Morgan fingerprint density at radius 3 is 2.35 bits per heavy atom. The number of hydrogen-bond donors (Lipinski definition) is 1. The summed E-state index contributed by atoms with van der Waals surface area (Å²) < 4.78 is 5.44. The number of aryl methyl sites for hydroxylation is 1. The van der Waals surface area contributed by atoms with Crippen molar-refractivity contribution < 1.29 is 9.53 Å². The molecule has 0 bridgehead atoms. The normalized spacial score (nSPS) is 11.8. The molecule has 1 atom stereocenters. The highest BCUT2D eigenvalue weighted by atomic mass is 16.5. The summed E-state index contributed by atoms with van der Waals surface area (Å²) in [5.41, 5.74) is 3.13. The molecule has 26 heavy (non-hydrogen) atoms. The molecule has 1 unspecified atom stereocenters. The molecule has 138 valence electrons. The lowest BCUT2D eigenvalue weighted by atomic mass is 10.0. The second kappa shape index (κ2) is 9.78. The molecule has 1 amide bonds. The van der Waals surface area contributed by atoms with E-state index in [2.05, 4.69) is 48.0 Å². The van der Waals surface area contributed by atoms with Gasteiger partial charge >= 0.3 is 0 Å². The fraction of sp³-hybridized carbons (Fsp3) is 0.318. The summed E-state index contributed by atoms with van der Waals surface area (Å²) >= 11 is 0. The Hall–Kier alpha value is -2.59. The summed E-state index contributed by atoms with van der Waals surface area (Å²) in [6, 6.07) is 15.8. The van der Waals surface area contributed by atoms with E-state index in [1.165, 1.54) is 11.1 Å². The maximum atomic E-state index is 12.4. The molecule has 0 saturated carbocycles. The van der Waals surface area contributed by atoms with Crippen molar-refractivity contribution >= 4 is 5.91 Å². The van der Waals surface area contributed by atoms with Gasteiger partial charge in [0.15, 0.2) is 0 Å². The number of carbonyl (C=O) groups is 1. The molecule has 0 radical (unpaired) electrons. The molecule has 0 fully saturated rings. The number of amides is 1. The fourth-order valence-electron chi connectivity index (χ4n) is 2.72. The lowest BCUT2D eigenvalue weighted by Gasteiger charge is -2.25. The van der Waals surface area contributed by atoms with Gasteiger partial charge < -0.3 is 15.0 Å². The Kier molecular flexibility index (Phi) is 7.42. The third-order valence-corrected chi connectivity index (χ3v) is 4.34. The standard InChI is InChI=1S/C22H28N2O2/c1-5-15-26-20-13-11-19(12-14-20)22(25)23-16-21(24(3)4)18-9-7-17(6-2)8-10-18/h5,7-14,21H,1,6,15-16H2,2-4H3,(H,23,25). The Morgan fingerprint density at radius 1 is 1.15 bits per heavy atom. The van der Waals surface area contributed by atoms with Gasteiger partial charge in [-0.1, -0.05) is 43.8 Å². The third-order valence-electron chi connectivity index (χ3n) is 4.34. The van der Waals surface area contributed by atoms with Crippen molar-refractivity contribution in [1.29, 1.82) is 0 Å². The highest BCUT2D eigenvalue weighted by molar-refractivity contribution is 5.94. The smallest absolute Gasteiger partial charge is 0.251 e. The first kappa shape index (κ1) is 19.7. The molecule has 4 heteroatoms. The van der Waals surface area contributed by atoms with Crippen LogP contribution in [0.5, 0.6) is 5.75 Å². The zero-order valence-electron chi connectivity index (χ0n) is 15.9. The molecule has 0 saturated heterocycles. The van der Waals surface area contributed by atoms with Crippen molar-refractivity contribution in [3.05, 3.63) is 77.9 Å². The van der Waals surface area contributed by atoms with Gasteiger partial charge in [-0.25, -0.2) is 0 Å². The number of likely N-dealkylation sites (N-methyl/N-ethyl adjacent to an activating group) is 1. The fourth-order valence-corrected chi connectivity index (χ4v) is 2.72. The largest absolute Gasteiger partial charge is 0.490 e. The first-order chi connectivity index (χ1) is 12.5. The summed E-state index contributed by atoms with van der Waals surface area (Å²) in [7, 11) is 4.05. The quantitative estimate of drug-likeness (QED) is 0.697. The predicted molar refractivity (Wildman–Crippen MR) is 107 cm³/mol. The van der Waals surface area contributed by atoms with E-state index in [-0.39, 0.29) is 11.9 Å². The zero-order valence-corrected chi connectivity index (χ0v) is 15.9. The molecular weight excluding hydrogens is 324 g/mol. The summed E-state index contributed by atoms with van der Waals surface area (Å²) in [5, 5.41) is 3.03. The van der Waals surface area contributed by atoms with Gasteiger partial charge in [-0.05, 0) is 55.9 Å². The molecule has 2 aromatic rings. The summed E-state index contributed by atoms with van der Waals surface area (Å²) in [6.45, 7) is 6.76. The Labute approximate surface area is 156 Å². The van der Waals surface area contributed by atoms with Crippen LogP contribution in [0.15, 0.2) is 61.2 Å². The van der Waals surface area contributed by atoms with Gasteiger partial charge in [-0.15, -0.1) is 0 Å². The number of nitrogens with zero attached hydrogens (tertiary/aromatic N) is 1. The minimum absolute atomic E-state index is 0.0858. The minimum atomic E-state index is -0.0858. The number of ether oxygens (including phenoxy) is 1. The molecule has 0 aromatic heterocycles. The van der Waals surface area contributed by atoms with E-state index in [0.717, 1.165) is 12.2 Å². The molecule has 4 nitrogen and oxygen atoms in total. The van der Waals surface area contributed by atoms with Crippen LogP contribution in [0.25, 0.3) is 0 Å². The highest BCUT2D eigenvalue weighted by Crippen LogP contribution is 2.19. The molecule has 0 aliphatic rings. The van der Waals surface area contributed by atoms with E-state index in [1.807, 2.05) is 14.1 Å². The molecule has 0 aliphatic heterocycles. The van der Waals surface area contributed by atoms with E-state index >= 15 is 0 Å². The monoisotopic (exact) mass is 352 g/mol. The van der Waals surface area contributed by atoms with Gasteiger partial charge in [-0.2, -0.15) is 0 Å². The van der Waals surface area contributed by atoms with Crippen LogP contribution in [0.1, 0.15) is 34.5 Å². The molecule has 0 heterocycles. The number of carbonyl (C=O) groups excluding carboxylic acids is 1. The van der Waals surface area contributed by atoms with Crippen LogP contribution < -0.4 is 10.1 Å². The molecule has 0 spiro atoms. The molecular formula is C22H28N2O2. The maximum Gasteiger partial charge on any atom is 0.251 e. The molecule has 2 aromatic carbocycles. The lowest BCUT2D eigenvalue weighted by Crippen LogP contribution is -2.34. The van der Waals surface area contributed by atoms with Gasteiger partial charge in [0, 0.05) is 12.1 Å². The van der Waals surface area contributed by atoms with E-state index in [4.69, 9.17) is 4.74 Å². The first-order valence-electron chi connectivity index (χ1n) is 8.92. The summed E-state index contributed by atoms with van der Waals surface area (Å²) in [6.07, 6.45) is 2.71. The van der Waals surface area contributed by atoms with Crippen molar-refractivity contribution in [3.63, 3.8) is 0 Å². The summed E-state index contributed by atoms with van der Waals surface area (Å²) in [4.78, 5) is 14.6. The van der Waals surface area contributed by atoms with Gasteiger partial charge in [0.1, 0.15) is 12.4 Å². The van der Waals surface area contributed by atoms with Crippen molar-refractivity contribution in [2.24, 2.45) is 0 Å². The van der Waals surface area contributed by atoms with Crippen LogP contribution in [0, 0.1) is 0 Å². The third kappa shape index (κ3) is 5.46. The van der Waals surface area contributed by atoms with Crippen molar-refractivity contribution in [2.75, 3.05) is 27.2 Å². The average molecular weight is 352 g/mol. The predicted octanol–water partition coefficient (Wildman–Crippen LogP) is 3.85. The highest BCUT2D eigenvalue weighted by Gasteiger charge is 2.16. The average Bonchev–Trinajstić information content (AvgIpc) is 2.67. The van der Waals surface area contributed by atoms with Crippen LogP contribution in [0.2, 0.25) is 0 Å². The van der Waals surface area contributed by atoms with Crippen LogP contribution >= 0.6 is 0 Å². The van der Waals surface area contributed by atoms with Crippen LogP contribution in [0.3, 0.4) is 0 Å². The molecule has 0 aliphatic carbocycles. The minimum Gasteiger partial charge on any atom is -0.490 e. The second-order valence-electron chi connectivity index (χ2n) is 6.41. The number of hydrogen-bond acceptors (Lipinski definition) is 3. The van der Waals surface area contributed by atoms with E-state index < -0.39 is 0 Å². The number of benzene rings is 2.